The van der Waals surface area contributed by atoms with Crippen molar-refractivity contribution in [3.63, 3.8) is 0 Å². The van der Waals surface area contributed by atoms with Crippen molar-refractivity contribution < 1.29 is 0 Å². The zero-order chi connectivity index (χ0) is 46.9. The van der Waals surface area contributed by atoms with Crippen LogP contribution < -0.4 is 0 Å². The third kappa shape index (κ3) is 14.4. The van der Waals surface area contributed by atoms with Crippen LogP contribution in [-0.2, 0) is 5.41 Å². The van der Waals surface area contributed by atoms with Crippen molar-refractivity contribution in [2.24, 2.45) is 23.7 Å². The van der Waals surface area contributed by atoms with Gasteiger partial charge in [0.2, 0.25) is 0 Å². The van der Waals surface area contributed by atoms with E-state index in [1.807, 2.05) is 0 Å². The summed E-state index contributed by atoms with van der Waals surface area (Å²) in [5, 5.41) is 0. The van der Waals surface area contributed by atoms with Crippen molar-refractivity contribution >= 4 is 11.1 Å². The average molecular weight is 871 g/mol. The largest absolute Gasteiger partial charge is 0.0995 e. The summed E-state index contributed by atoms with van der Waals surface area (Å²) < 4.78 is 0. The van der Waals surface area contributed by atoms with E-state index in [1.54, 1.807) is 0 Å². The molecule has 0 amide bonds. The first-order valence-corrected chi connectivity index (χ1v) is 26.3. The second kappa shape index (κ2) is 25.7. The number of hydrogen-bond acceptors (Lipinski definition) is 0. The molecule has 6 rings (SSSR count). The topological polar surface area (TPSA) is 0 Å². The molecule has 0 heterocycles. The molecule has 4 aromatic rings. The van der Waals surface area contributed by atoms with Crippen LogP contribution in [0.5, 0.6) is 0 Å². The molecule has 0 bridgehead atoms. The monoisotopic (exact) mass is 871 g/mol. The van der Waals surface area contributed by atoms with Gasteiger partial charge in [0.15, 0.2) is 0 Å². The number of rotatable bonds is 20. The maximum atomic E-state index is 4.79. The van der Waals surface area contributed by atoms with Gasteiger partial charge in [0, 0.05) is 11.8 Å². The molecule has 0 aromatic heterocycles. The minimum Gasteiger partial charge on any atom is -0.0995 e. The van der Waals surface area contributed by atoms with E-state index in [9.17, 15) is 0 Å². The lowest BCUT2D eigenvalue weighted by atomic mass is 9.65. The fourth-order valence-corrected chi connectivity index (χ4v) is 11.6. The van der Waals surface area contributed by atoms with Crippen LogP contribution in [0.15, 0.2) is 135 Å². The third-order valence-electron chi connectivity index (χ3n) is 15.5. The van der Waals surface area contributed by atoms with Crippen LogP contribution in [0.4, 0.5) is 0 Å². The third-order valence-corrected chi connectivity index (χ3v) is 15.5. The molecule has 2 saturated carbocycles. The highest BCUT2D eigenvalue weighted by atomic mass is 14.4. The molecule has 2 aliphatic carbocycles. The summed E-state index contributed by atoms with van der Waals surface area (Å²) in [5.41, 5.74) is 16.4. The summed E-state index contributed by atoms with van der Waals surface area (Å²) in [6.45, 7) is 37.1. The Balaban J connectivity index is 0.000000245. The van der Waals surface area contributed by atoms with Gasteiger partial charge in [0.25, 0.3) is 0 Å². The van der Waals surface area contributed by atoms with Crippen molar-refractivity contribution in [1.82, 2.24) is 0 Å². The summed E-state index contributed by atoms with van der Waals surface area (Å²) >= 11 is 0. The number of benzene rings is 4. The quantitative estimate of drug-likeness (QED) is 0.0613. The minimum absolute atomic E-state index is 0.160. The molecule has 0 saturated heterocycles. The van der Waals surface area contributed by atoms with Crippen LogP contribution in [0.1, 0.15) is 207 Å². The highest BCUT2D eigenvalue weighted by Gasteiger charge is 2.37. The highest BCUT2D eigenvalue weighted by Crippen LogP contribution is 2.50. The van der Waals surface area contributed by atoms with E-state index in [-0.39, 0.29) is 11.3 Å². The summed E-state index contributed by atoms with van der Waals surface area (Å²) in [6, 6.07) is 36.3. The second-order valence-electron chi connectivity index (χ2n) is 21.5. The Morgan fingerprint density at radius 2 is 0.862 bits per heavy atom. The van der Waals surface area contributed by atoms with Crippen LogP contribution >= 0.6 is 0 Å². The maximum absolute atomic E-state index is 4.79. The molecule has 0 spiro atoms. The molecule has 0 aliphatic heterocycles. The van der Waals surface area contributed by atoms with E-state index < -0.39 is 0 Å². The fourth-order valence-electron chi connectivity index (χ4n) is 11.6. The van der Waals surface area contributed by atoms with Gasteiger partial charge in [-0.15, -0.1) is 0 Å². The van der Waals surface area contributed by atoms with Gasteiger partial charge in [-0.1, -0.05) is 239 Å². The Labute approximate surface area is 400 Å². The molecular weight excluding hydrogens is 781 g/mol. The summed E-state index contributed by atoms with van der Waals surface area (Å²) in [4.78, 5) is 0. The molecule has 350 valence electrons. The van der Waals surface area contributed by atoms with Gasteiger partial charge in [-0.2, -0.15) is 0 Å². The van der Waals surface area contributed by atoms with E-state index in [2.05, 4.69) is 152 Å². The van der Waals surface area contributed by atoms with Gasteiger partial charge in [0.1, 0.15) is 0 Å². The van der Waals surface area contributed by atoms with Crippen LogP contribution in [0.3, 0.4) is 0 Å². The molecule has 4 aromatic carbocycles. The molecule has 0 N–H and O–H groups in total. The number of hydrogen-bond donors (Lipinski definition) is 0. The van der Waals surface area contributed by atoms with E-state index >= 15 is 0 Å². The Hall–Kier alpha value is -4.16. The number of unbranched alkanes of at least 4 members (excludes halogenated alkanes) is 4. The van der Waals surface area contributed by atoms with E-state index in [4.69, 9.17) is 26.3 Å². The Kier molecular flexibility index (Phi) is 20.5. The molecule has 2 aliphatic rings. The maximum Gasteiger partial charge on any atom is 0.0157 e. The van der Waals surface area contributed by atoms with Crippen molar-refractivity contribution in [3.8, 4) is 0 Å². The van der Waals surface area contributed by atoms with Crippen molar-refractivity contribution in [3.05, 3.63) is 179 Å². The normalized spacial score (nSPS) is 16.7. The average Bonchev–Trinajstić information content (AvgIpc) is 3.31. The van der Waals surface area contributed by atoms with Gasteiger partial charge in [-0.3, -0.25) is 0 Å². The molecule has 0 nitrogen and oxygen atoms in total. The van der Waals surface area contributed by atoms with Crippen molar-refractivity contribution in [2.45, 2.75) is 188 Å². The summed E-state index contributed by atoms with van der Waals surface area (Å²) in [7, 11) is 0. The van der Waals surface area contributed by atoms with Crippen LogP contribution in [0, 0.1) is 44.4 Å². The summed E-state index contributed by atoms with van der Waals surface area (Å²) in [6.07, 6.45) is 23.5. The smallest absolute Gasteiger partial charge is 0.0157 e. The number of allylic oxidation sites excluding steroid dienone is 4. The summed E-state index contributed by atoms with van der Waals surface area (Å²) in [5.74, 6) is 2.95. The van der Waals surface area contributed by atoms with Crippen LogP contribution in [0.25, 0.3) is 11.1 Å². The Morgan fingerprint density at radius 1 is 0.492 bits per heavy atom. The van der Waals surface area contributed by atoms with Gasteiger partial charge in [0.05, 0.1) is 0 Å². The van der Waals surface area contributed by atoms with Crippen molar-refractivity contribution in [2.75, 3.05) is 0 Å². The lowest BCUT2D eigenvalue weighted by molar-refractivity contribution is 0.259. The highest BCUT2D eigenvalue weighted by molar-refractivity contribution is 5.74. The zero-order valence-electron chi connectivity index (χ0n) is 42.8. The van der Waals surface area contributed by atoms with Gasteiger partial charge in [-0.05, 0) is 151 Å². The van der Waals surface area contributed by atoms with Crippen molar-refractivity contribution in [1.29, 1.82) is 0 Å². The predicted molar refractivity (Wildman–Crippen MR) is 289 cm³/mol. The lowest BCUT2D eigenvalue weighted by Crippen LogP contribution is -2.27. The van der Waals surface area contributed by atoms with Gasteiger partial charge >= 0.3 is 0 Å². The van der Waals surface area contributed by atoms with Crippen LogP contribution in [-0.4, -0.2) is 0 Å². The molecule has 2 fully saturated rings. The van der Waals surface area contributed by atoms with E-state index in [1.165, 1.54) is 170 Å². The molecular formula is C65H90. The number of aryl methyl sites for hydroxylation is 3. The Morgan fingerprint density at radius 3 is 1.22 bits per heavy atom. The molecule has 0 radical (unpaired) electrons. The first-order chi connectivity index (χ1) is 31.3. The molecule has 65 heavy (non-hydrogen) atoms. The zero-order valence-corrected chi connectivity index (χ0v) is 42.8. The van der Waals surface area contributed by atoms with E-state index in [0.717, 1.165) is 18.8 Å². The first kappa shape index (κ1) is 51.8. The van der Waals surface area contributed by atoms with Gasteiger partial charge in [-0.25, -0.2) is 0 Å². The van der Waals surface area contributed by atoms with E-state index in [0.29, 0.717) is 23.7 Å². The molecule has 4 unspecified atom stereocenters. The fraction of sp³-hybridized carbons (Fsp3) is 0.508. The second-order valence-corrected chi connectivity index (χ2v) is 21.5. The predicted octanol–water partition coefficient (Wildman–Crippen LogP) is 19.9. The Bertz CT molecular complexity index is 2080. The lowest BCUT2D eigenvalue weighted by Gasteiger charge is -2.39. The SMILES string of the molecule is C=C(c1ccccc1C)C(c1ccc(C(C)(C)C)cc1)C(C(=C)CCCCC)C1CCCCC1.C=C(c1ccccc1C)C(c1ccc(C)cc1)C(C(=C)CCCCC)C1CCCCC1. The van der Waals surface area contributed by atoms with Gasteiger partial charge < -0.3 is 0 Å². The minimum atomic E-state index is 0.160. The standard InChI is InChI=1S/C34H48.C31H42/c1-8-9-11-17-26(3)32(28-18-12-10-13-19-28)33(27(4)31-20-15-14-16-25(31)2)29-21-23-30(24-22-29)34(5,6)7;1-6-7-9-15-25(4)30(27-16-10-8-11-17-27)31(28-21-19-23(2)20-22-28)26(5)29-18-13-12-14-24(29)3/h14-16,20-24,28,32-33H,3-4,8-13,17-19H2,1-2,5-7H3;12-14,18-22,27,30-31H,4-11,15-17H2,1-3H3. The van der Waals surface area contributed by atoms with Crippen LogP contribution in [0.2, 0.25) is 0 Å². The molecule has 0 heteroatoms. The molecule has 4 atom stereocenters. The first-order valence-electron chi connectivity index (χ1n) is 26.3.